The van der Waals surface area contributed by atoms with Crippen molar-refractivity contribution in [2.75, 3.05) is 11.9 Å². The molecule has 0 aliphatic carbocycles. The summed E-state index contributed by atoms with van der Waals surface area (Å²) >= 11 is 5.35. The minimum atomic E-state index is -0.322. The summed E-state index contributed by atoms with van der Waals surface area (Å²) in [6.45, 7) is 3.01. The average Bonchev–Trinajstić information content (AvgIpc) is 3.37. The zero-order valence-electron chi connectivity index (χ0n) is 20.6. The Labute approximate surface area is 225 Å². The molecule has 4 aromatic carbocycles. The number of oxazole rings is 1. The van der Waals surface area contributed by atoms with Gasteiger partial charge in [0.15, 0.2) is 10.7 Å². The molecule has 0 unspecified atom stereocenters. The summed E-state index contributed by atoms with van der Waals surface area (Å²) in [5.74, 6) is 1.66. The first kappa shape index (κ1) is 25.0. The summed E-state index contributed by atoms with van der Waals surface area (Å²) in [7, 11) is 0. The van der Waals surface area contributed by atoms with Gasteiger partial charge >= 0.3 is 0 Å². The van der Waals surface area contributed by atoms with Crippen LogP contribution in [0.3, 0.4) is 0 Å². The van der Waals surface area contributed by atoms with Crippen molar-refractivity contribution in [1.29, 1.82) is 0 Å². The molecule has 8 heteroatoms. The number of aromatic nitrogens is 1. The minimum absolute atomic E-state index is 0.175. The van der Waals surface area contributed by atoms with E-state index in [1.54, 1.807) is 30.3 Å². The Morgan fingerprint density at radius 3 is 2.34 bits per heavy atom. The van der Waals surface area contributed by atoms with Crippen LogP contribution in [0.25, 0.3) is 22.6 Å². The van der Waals surface area contributed by atoms with E-state index in [1.165, 1.54) is 0 Å². The lowest BCUT2D eigenvalue weighted by Crippen LogP contribution is -2.34. The Bertz CT molecular complexity index is 1550. The maximum atomic E-state index is 12.7. The van der Waals surface area contributed by atoms with Crippen LogP contribution in [0.2, 0.25) is 0 Å². The van der Waals surface area contributed by atoms with E-state index >= 15 is 0 Å². The number of thiocarbonyl (C=S) groups is 1. The van der Waals surface area contributed by atoms with Gasteiger partial charge < -0.3 is 19.2 Å². The summed E-state index contributed by atoms with van der Waals surface area (Å²) < 4.78 is 17.2. The lowest BCUT2D eigenvalue weighted by Gasteiger charge is -2.10. The molecule has 2 N–H and O–H groups in total. The van der Waals surface area contributed by atoms with Crippen molar-refractivity contribution in [3.63, 3.8) is 0 Å². The van der Waals surface area contributed by atoms with Crippen molar-refractivity contribution in [1.82, 2.24) is 10.3 Å². The van der Waals surface area contributed by atoms with Crippen molar-refractivity contribution in [3.05, 3.63) is 108 Å². The highest BCUT2D eigenvalue weighted by Crippen LogP contribution is 2.27. The number of nitrogens with zero attached hydrogens (tertiary/aromatic N) is 1. The fraction of sp³-hybridized carbons (Fsp3) is 0.100. The Kier molecular flexibility index (Phi) is 7.61. The van der Waals surface area contributed by atoms with E-state index in [2.05, 4.69) is 15.6 Å². The third-order valence-electron chi connectivity index (χ3n) is 5.65. The largest absolute Gasteiger partial charge is 0.494 e. The molecule has 5 rings (SSSR count). The predicted molar refractivity (Wildman–Crippen MR) is 152 cm³/mol. The Hall–Kier alpha value is -4.69. The number of amides is 1. The second kappa shape index (κ2) is 11.6. The highest BCUT2D eigenvalue weighted by molar-refractivity contribution is 7.80. The Morgan fingerprint density at radius 2 is 1.61 bits per heavy atom. The molecule has 0 atom stereocenters. The molecule has 1 amide bonds. The molecule has 1 aromatic heterocycles. The van der Waals surface area contributed by atoms with E-state index in [1.807, 2.05) is 73.7 Å². The van der Waals surface area contributed by atoms with E-state index in [-0.39, 0.29) is 11.0 Å². The molecule has 0 aliphatic heterocycles. The SMILES string of the molecule is CCOc1ccc(-c2nc3cc(NC(=S)NC(=O)c4ccc(OCc5ccccc5)cc4)ccc3o2)cc1. The van der Waals surface area contributed by atoms with E-state index in [9.17, 15) is 4.79 Å². The topological polar surface area (TPSA) is 85.6 Å². The average molecular weight is 524 g/mol. The van der Waals surface area contributed by atoms with Gasteiger partial charge in [-0.3, -0.25) is 10.1 Å². The zero-order chi connectivity index (χ0) is 26.3. The van der Waals surface area contributed by atoms with Gasteiger partial charge in [-0.25, -0.2) is 4.98 Å². The molecule has 7 nitrogen and oxygen atoms in total. The number of carbonyl (C=O) groups is 1. The van der Waals surface area contributed by atoms with Gasteiger partial charge in [0.2, 0.25) is 5.89 Å². The van der Waals surface area contributed by atoms with Gasteiger partial charge in [-0.05, 0) is 91.4 Å². The van der Waals surface area contributed by atoms with Crippen molar-refractivity contribution in [2.24, 2.45) is 0 Å². The molecule has 0 spiro atoms. The number of hydrogen-bond acceptors (Lipinski definition) is 6. The van der Waals surface area contributed by atoms with Crippen LogP contribution >= 0.6 is 12.2 Å². The standard InChI is InChI=1S/C30H25N3O4S/c1-2-35-24-15-10-22(11-16-24)29-32-26-18-23(12-17-27(26)37-29)31-30(38)33-28(34)21-8-13-25(14-9-21)36-19-20-6-4-3-5-7-20/h3-18H,2,19H2,1H3,(H2,31,33,34,38). The van der Waals surface area contributed by atoms with Gasteiger partial charge in [-0.15, -0.1) is 0 Å². The van der Waals surface area contributed by atoms with Crippen LogP contribution < -0.4 is 20.1 Å². The fourth-order valence-corrected chi connectivity index (χ4v) is 3.98. The van der Waals surface area contributed by atoms with Crippen molar-refractivity contribution >= 4 is 40.0 Å². The normalized spacial score (nSPS) is 10.7. The number of carbonyl (C=O) groups excluding carboxylic acids is 1. The van der Waals surface area contributed by atoms with Crippen LogP contribution in [0.4, 0.5) is 5.69 Å². The zero-order valence-corrected chi connectivity index (χ0v) is 21.5. The van der Waals surface area contributed by atoms with E-state index in [0.29, 0.717) is 47.2 Å². The van der Waals surface area contributed by atoms with Gasteiger partial charge in [0.05, 0.1) is 6.61 Å². The molecule has 38 heavy (non-hydrogen) atoms. The van der Waals surface area contributed by atoms with Gasteiger partial charge in [0.25, 0.3) is 5.91 Å². The summed E-state index contributed by atoms with van der Waals surface area (Å²) in [5, 5.41) is 5.91. The summed E-state index contributed by atoms with van der Waals surface area (Å²) in [6.07, 6.45) is 0. The fourth-order valence-electron chi connectivity index (χ4n) is 3.77. The van der Waals surface area contributed by atoms with Crippen LogP contribution in [-0.4, -0.2) is 22.6 Å². The van der Waals surface area contributed by atoms with Crippen molar-refractivity contribution < 1.29 is 18.7 Å². The number of benzene rings is 4. The summed E-state index contributed by atoms with van der Waals surface area (Å²) in [6, 6.07) is 29.8. The maximum absolute atomic E-state index is 12.7. The minimum Gasteiger partial charge on any atom is -0.494 e. The summed E-state index contributed by atoms with van der Waals surface area (Å²) in [4.78, 5) is 17.2. The van der Waals surface area contributed by atoms with E-state index in [0.717, 1.165) is 16.9 Å². The number of anilines is 1. The lowest BCUT2D eigenvalue weighted by molar-refractivity contribution is 0.0977. The Balaban J connectivity index is 1.18. The third-order valence-corrected chi connectivity index (χ3v) is 5.85. The van der Waals surface area contributed by atoms with Gasteiger partial charge in [-0.2, -0.15) is 0 Å². The Morgan fingerprint density at radius 1 is 0.895 bits per heavy atom. The summed E-state index contributed by atoms with van der Waals surface area (Å²) in [5.41, 5.74) is 4.37. The number of hydrogen-bond donors (Lipinski definition) is 2. The highest BCUT2D eigenvalue weighted by Gasteiger charge is 2.12. The molecule has 0 bridgehead atoms. The third kappa shape index (κ3) is 6.16. The molecule has 1 heterocycles. The number of nitrogens with one attached hydrogen (secondary N) is 2. The highest BCUT2D eigenvalue weighted by atomic mass is 32.1. The van der Waals surface area contributed by atoms with Gasteiger partial charge in [0, 0.05) is 16.8 Å². The molecule has 0 fully saturated rings. The van der Waals surface area contributed by atoms with Gasteiger partial charge in [0.1, 0.15) is 23.6 Å². The van der Waals surface area contributed by atoms with Crippen LogP contribution in [0.1, 0.15) is 22.8 Å². The lowest BCUT2D eigenvalue weighted by atomic mass is 10.2. The maximum Gasteiger partial charge on any atom is 0.257 e. The second-order valence-electron chi connectivity index (χ2n) is 8.37. The van der Waals surface area contributed by atoms with Gasteiger partial charge in [-0.1, -0.05) is 30.3 Å². The van der Waals surface area contributed by atoms with Crippen LogP contribution in [0.5, 0.6) is 11.5 Å². The molecule has 190 valence electrons. The molecule has 0 radical (unpaired) electrons. The van der Waals surface area contributed by atoms with Crippen LogP contribution in [0.15, 0.2) is 101 Å². The number of ether oxygens (including phenoxy) is 2. The van der Waals surface area contributed by atoms with Crippen LogP contribution in [-0.2, 0) is 6.61 Å². The quantitative estimate of drug-likeness (QED) is 0.222. The molecular formula is C30H25N3O4S. The van der Waals surface area contributed by atoms with Crippen molar-refractivity contribution in [3.8, 4) is 23.0 Å². The smallest absolute Gasteiger partial charge is 0.257 e. The number of rotatable bonds is 8. The first-order valence-corrected chi connectivity index (χ1v) is 12.5. The molecule has 5 aromatic rings. The molecular weight excluding hydrogens is 498 g/mol. The molecule has 0 saturated heterocycles. The monoisotopic (exact) mass is 523 g/mol. The molecule has 0 aliphatic rings. The number of fused-ring (bicyclic) bond motifs is 1. The predicted octanol–water partition coefficient (Wildman–Crippen LogP) is 6.60. The molecule has 0 saturated carbocycles. The second-order valence-corrected chi connectivity index (χ2v) is 8.77. The van der Waals surface area contributed by atoms with E-state index in [4.69, 9.17) is 26.1 Å². The first-order chi connectivity index (χ1) is 18.6. The van der Waals surface area contributed by atoms with Crippen LogP contribution in [0, 0.1) is 0 Å². The van der Waals surface area contributed by atoms with Crippen molar-refractivity contribution in [2.45, 2.75) is 13.5 Å². The first-order valence-electron chi connectivity index (χ1n) is 12.1. The van der Waals surface area contributed by atoms with E-state index < -0.39 is 0 Å².